The van der Waals surface area contributed by atoms with Gasteiger partial charge in [-0.25, -0.2) is 9.59 Å². The van der Waals surface area contributed by atoms with E-state index in [1.807, 2.05) is 6.92 Å². The first-order valence-corrected chi connectivity index (χ1v) is 10.8. The van der Waals surface area contributed by atoms with Gasteiger partial charge in [0.2, 0.25) is 5.88 Å². The number of carbonyl (C=O) groups is 2. The third-order valence-electron chi connectivity index (χ3n) is 6.54. The first-order chi connectivity index (χ1) is 15.7. The fraction of sp³-hybridized carbons (Fsp3) is 0.650. The van der Waals surface area contributed by atoms with Crippen LogP contribution in [0.4, 0.5) is 18.0 Å². The third kappa shape index (κ3) is 5.25. The van der Waals surface area contributed by atoms with Crippen molar-refractivity contribution in [1.29, 1.82) is 5.41 Å². The number of nitrogens with two attached hydrogens (primary N) is 1. The summed E-state index contributed by atoms with van der Waals surface area (Å²) < 4.78 is 39.2. The van der Waals surface area contributed by atoms with E-state index in [1.54, 1.807) is 0 Å². The Bertz CT molecular complexity index is 1120. The van der Waals surface area contributed by atoms with Crippen molar-refractivity contribution in [3.63, 3.8) is 0 Å². The number of nitrogen functional groups attached to an aromatic ring is 1. The number of aromatic hydroxyl groups is 1. The molecule has 6 N–H and O–H groups in total. The highest BCUT2D eigenvalue weighted by Crippen LogP contribution is 2.43. The number of amidine groups is 1. The van der Waals surface area contributed by atoms with Crippen molar-refractivity contribution < 1.29 is 27.9 Å². The van der Waals surface area contributed by atoms with E-state index >= 15 is 0 Å². The number of rotatable bonds is 7. The van der Waals surface area contributed by atoms with Crippen molar-refractivity contribution in [2.45, 2.75) is 76.7 Å². The van der Waals surface area contributed by atoms with Crippen molar-refractivity contribution in [1.82, 2.24) is 19.8 Å². The van der Waals surface area contributed by atoms with Crippen LogP contribution in [0.15, 0.2) is 9.59 Å². The number of imide groups is 1. The van der Waals surface area contributed by atoms with Crippen LogP contribution >= 0.6 is 0 Å². The van der Waals surface area contributed by atoms with Crippen LogP contribution in [0.5, 0.6) is 5.88 Å². The van der Waals surface area contributed by atoms with Crippen molar-refractivity contribution >= 4 is 17.8 Å². The second-order valence-corrected chi connectivity index (χ2v) is 9.20. The predicted octanol–water partition coefficient (Wildman–Crippen LogP) is 1.06. The Morgan fingerprint density at radius 1 is 1.24 bits per heavy atom. The number of nitrogens with one attached hydrogen (secondary N) is 3. The van der Waals surface area contributed by atoms with E-state index in [0.717, 1.165) is 4.57 Å². The number of halogens is 3. The molecule has 0 radical (unpaired) electrons. The van der Waals surface area contributed by atoms with Crippen LogP contribution < -0.4 is 27.6 Å². The van der Waals surface area contributed by atoms with Gasteiger partial charge in [-0.05, 0) is 43.9 Å². The van der Waals surface area contributed by atoms with E-state index < -0.39 is 78.1 Å². The molecular weight excluding hydrogens is 461 g/mol. The quantitative estimate of drug-likeness (QED) is 0.218. The van der Waals surface area contributed by atoms with Crippen LogP contribution in [0.1, 0.15) is 63.5 Å². The van der Waals surface area contributed by atoms with Crippen LogP contribution in [0.3, 0.4) is 0 Å². The molecule has 11 nitrogen and oxygen atoms in total. The zero-order chi connectivity index (χ0) is 25.4. The number of alkyl halides is 3. The van der Waals surface area contributed by atoms with Gasteiger partial charge in [0.1, 0.15) is 17.4 Å². The zero-order valence-electron chi connectivity index (χ0n) is 18.5. The molecule has 3 rings (SSSR count). The van der Waals surface area contributed by atoms with E-state index in [-0.39, 0.29) is 5.41 Å². The number of hydrogen-bond donors (Lipinski definition) is 5. The molecule has 34 heavy (non-hydrogen) atoms. The molecule has 1 saturated carbocycles. The average Bonchev–Trinajstić information content (AvgIpc) is 3.01. The van der Waals surface area contributed by atoms with Gasteiger partial charge in [-0.2, -0.15) is 13.2 Å². The fourth-order valence-electron chi connectivity index (χ4n) is 4.71. The lowest BCUT2D eigenvalue weighted by atomic mass is 9.70. The number of carbonyl (C=O) groups excluding carboxylic acids is 2. The van der Waals surface area contributed by atoms with Crippen molar-refractivity contribution in [2.75, 3.05) is 0 Å². The summed E-state index contributed by atoms with van der Waals surface area (Å²) in [6, 6.07) is -1.88. The van der Waals surface area contributed by atoms with Crippen molar-refractivity contribution in [2.24, 2.45) is 11.1 Å². The number of aromatic nitrogens is 2. The molecule has 0 bridgehead atoms. The van der Waals surface area contributed by atoms with E-state index in [0.29, 0.717) is 36.7 Å². The largest absolute Gasteiger partial charge is 0.494 e. The highest BCUT2D eigenvalue weighted by atomic mass is 19.4. The SMILES string of the molecule is CC1(C[C@H]2NC(=O)NC2=O)CCC(n2c(=O)c(C(=N)N)c(O)n(CCCC(F)(F)F)c2=O)CC1. The number of hydrogen-bond acceptors (Lipinski definition) is 6. The first-order valence-electron chi connectivity index (χ1n) is 10.8. The maximum absolute atomic E-state index is 13.0. The summed E-state index contributed by atoms with van der Waals surface area (Å²) in [4.78, 5) is 49.2. The predicted molar refractivity (Wildman–Crippen MR) is 114 cm³/mol. The molecule has 0 unspecified atom stereocenters. The zero-order valence-corrected chi connectivity index (χ0v) is 18.5. The Morgan fingerprint density at radius 2 is 1.85 bits per heavy atom. The number of nitrogens with zero attached hydrogens (tertiary/aromatic N) is 2. The van der Waals surface area contributed by atoms with Crippen molar-refractivity contribution in [3.8, 4) is 5.88 Å². The van der Waals surface area contributed by atoms with Gasteiger partial charge in [0, 0.05) is 19.0 Å². The monoisotopic (exact) mass is 488 g/mol. The molecule has 1 aliphatic carbocycles. The van der Waals surface area contributed by atoms with Crippen LogP contribution in [-0.4, -0.2) is 44.2 Å². The first kappa shape index (κ1) is 25.3. The van der Waals surface area contributed by atoms with E-state index in [9.17, 15) is 37.5 Å². The maximum Gasteiger partial charge on any atom is 0.389 e. The summed E-state index contributed by atoms with van der Waals surface area (Å²) in [5, 5.41) is 22.7. The number of amides is 3. The van der Waals surface area contributed by atoms with Gasteiger partial charge < -0.3 is 16.2 Å². The van der Waals surface area contributed by atoms with Gasteiger partial charge in [-0.15, -0.1) is 0 Å². The molecule has 2 fully saturated rings. The second kappa shape index (κ2) is 9.14. The smallest absolute Gasteiger partial charge is 0.389 e. The van der Waals surface area contributed by atoms with Crippen LogP contribution in [0, 0.1) is 10.8 Å². The minimum absolute atomic E-state index is 0.332. The lowest BCUT2D eigenvalue weighted by Crippen LogP contribution is -2.47. The maximum atomic E-state index is 13.0. The van der Waals surface area contributed by atoms with Crippen LogP contribution in [0.25, 0.3) is 0 Å². The summed E-state index contributed by atoms with van der Waals surface area (Å²) in [6.07, 6.45) is -4.15. The molecule has 14 heteroatoms. The second-order valence-electron chi connectivity index (χ2n) is 9.20. The Labute approximate surface area is 191 Å². The Morgan fingerprint density at radius 3 is 2.35 bits per heavy atom. The summed E-state index contributed by atoms with van der Waals surface area (Å²) in [7, 11) is 0. The number of urea groups is 1. The molecule has 2 aliphatic rings. The molecule has 0 spiro atoms. The Balaban J connectivity index is 1.86. The Hall–Kier alpha value is -3.32. The minimum atomic E-state index is -4.46. The van der Waals surface area contributed by atoms with Gasteiger partial charge >= 0.3 is 17.9 Å². The van der Waals surface area contributed by atoms with Gasteiger partial charge in [0.05, 0.1) is 0 Å². The summed E-state index contributed by atoms with van der Waals surface area (Å²) in [5.74, 6) is -2.15. The van der Waals surface area contributed by atoms with E-state index in [2.05, 4.69) is 10.6 Å². The van der Waals surface area contributed by atoms with Crippen LogP contribution in [-0.2, 0) is 11.3 Å². The van der Waals surface area contributed by atoms with Crippen LogP contribution in [0.2, 0.25) is 0 Å². The molecule has 0 aromatic carbocycles. The molecule has 1 atom stereocenters. The van der Waals surface area contributed by atoms with E-state index in [1.165, 1.54) is 0 Å². The molecule has 188 valence electrons. The minimum Gasteiger partial charge on any atom is -0.494 e. The molecule has 1 aromatic heterocycles. The highest BCUT2D eigenvalue weighted by molar-refractivity contribution is 6.04. The lowest BCUT2D eigenvalue weighted by molar-refractivity contribution is -0.136. The van der Waals surface area contributed by atoms with Gasteiger partial charge in [0.15, 0.2) is 0 Å². The highest BCUT2D eigenvalue weighted by Gasteiger charge is 2.40. The topological polar surface area (TPSA) is 172 Å². The van der Waals surface area contributed by atoms with Gasteiger partial charge in [-0.1, -0.05) is 6.92 Å². The van der Waals surface area contributed by atoms with Gasteiger partial charge in [-0.3, -0.25) is 29.4 Å². The Kier molecular flexibility index (Phi) is 6.80. The average molecular weight is 488 g/mol. The molecule has 1 aliphatic heterocycles. The molecule has 2 heterocycles. The summed E-state index contributed by atoms with van der Waals surface area (Å²) in [5.41, 5.74) is 2.49. The molecule has 1 saturated heterocycles. The molecule has 1 aromatic rings. The molecular formula is C20H27F3N6O5. The van der Waals surface area contributed by atoms with Gasteiger partial charge in [0.25, 0.3) is 11.5 Å². The third-order valence-corrected chi connectivity index (χ3v) is 6.54. The van der Waals surface area contributed by atoms with Crippen molar-refractivity contribution in [3.05, 3.63) is 26.4 Å². The summed E-state index contributed by atoms with van der Waals surface area (Å²) in [6.45, 7) is 1.42. The molecule has 3 amide bonds. The van der Waals surface area contributed by atoms with E-state index in [4.69, 9.17) is 11.1 Å². The lowest BCUT2D eigenvalue weighted by Gasteiger charge is -2.39. The standard InChI is InChI=1S/C20H27F3N6O5/c1-19(9-11-14(30)27-17(33)26-11)6-3-10(4-7-19)29-16(32)12(13(24)25)15(31)28(18(29)34)8-2-5-20(21,22)23/h10-11,31H,2-9H2,1H3,(H3,24,25)(H2,26,27,30,33)/t10?,11-,19?/m1/s1. The summed E-state index contributed by atoms with van der Waals surface area (Å²) >= 11 is 0. The fourth-order valence-corrected chi connectivity index (χ4v) is 4.71. The normalized spacial score (nSPS) is 25.2.